The molecule has 1 atom stereocenters. The fourth-order valence-electron chi connectivity index (χ4n) is 3.74. The maximum atomic E-state index is 13.2. The highest BCUT2D eigenvalue weighted by Gasteiger charge is 2.23. The fraction of sp³-hybridized carbons (Fsp3) is 0.250. The van der Waals surface area contributed by atoms with E-state index in [2.05, 4.69) is 10.6 Å². The van der Waals surface area contributed by atoms with Crippen molar-refractivity contribution in [2.24, 2.45) is 0 Å². The zero-order chi connectivity index (χ0) is 25.4. The van der Waals surface area contributed by atoms with E-state index < -0.39 is 17.9 Å². The Morgan fingerprint density at radius 3 is 2.31 bits per heavy atom. The van der Waals surface area contributed by atoms with E-state index >= 15 is 0 Å². The van der Waals surface area contributed by atoms with Crippen LogP contribution < -0.4 is 10.6 Å². The highest BCUT2D eigenvalue weighted by atomic mass is 32.2. The van der Waals surface area contributed by atoms with Crippen LogP contribution in [0.3, 0.4) is 0 Å². The molecule has 0 bridgehead atoms. The van der Waals surface area contributed by atoms with E-state index in [-0.39, 0.29) is 12.3 Å². The van der Waals surface area contributed by atoms with Crippen LogP contribution in [0.1, 0.15) is 33.5 Å². The molecule has 0 aliphatic heterocycles. The molecule has 0 saturated heterocycles. The molecule has 0 unspecified atom stereocenters. The van der Waals surface area contributed by atoms with Crippen LogP contribution in [0.15, 0.2) is 66.7 Å². The summed E-state index contributed by atoms with van der Waals surface area (Å²) in [7, 11) is 0. The van der Waals surface area contributed by atoms with Gasteiger partial charge >= 0.3 is 5.97 Å². The van der Waals surface area contributed by atoms with Crippen molar-refractivity contribution in [3.63, 3.8) is 0 Å². The van der Waals surface area contributed by atoms with Crippen LogP contribution in [-0.4, -0.2) is 40.9 Å². The molecule has 182 valence electrons. The largest absolute Gasteiger partial charge is 0.480 e. The van der Waals surface area contributed by atoms with Crippen LogP contribution in [0.5, 0.6) is 0 Å². The predicted octanol–water partition coefficient (Wildman–Crippen LogP) is 5.09. The van der Waals surface area contributed by atoms with Gasteiger partial charge in [-0.1, -0.05) is 54.1 Å². The van der Waals surface area contributed by atoms with E-state index in [1.165, 1.54) is 11.8 Å². The number of benzene rings is 3. The van der Waals surface area contributed by atoms with E-state index in [4.69, 9.17) is 0 Å². The lowest BCUT2D eigenvalue weighted by Gasteiger charge is -2.18. The molecule has 0 spiro atoms. The summed E-state index contributed by atoms with van der Waals surface area (Å²) in [6.07, 6.45) is 2.45. The molecule has 0 aliphatic rings. The Hall–Kier alpha value is -3.58. The first kappa shape index (κ1) is 26.0. The van der Waals surface area contributed by atoms with Gasteiger partial charge < -0.3 is 15.7 Å². The second kappa shape index (κ2) is 12.2. The van der Waals surface area contributed by atoms with Crippen molar-refractivity contribution in [3.05, 3.63) is 89.0 Å². The number of carboxylic acid groups (broad SMARTS) is 1. The summed E-state index contributed by atoms with van der Waals surface area (Å²) in [6.45, 7) is 3.94. The van der Waals surface area contributed by atoms with Gasteiger partial charge in [-0.25, -0.2) is 4.79 Å². The molecule has 0 aromatic heterocycles. The number of hydrogen-bond acceptors (Lipinski definition) is 4. The van der Waals surface area contributed by atoms with Crippen LogP contribution in [0.25, 0.3) is 11.1 Å². The lowest BCUT2D eigenvalue weighted by Crippen LogP contribution is -2.41. The van der Waals surface area contributed by atoms with Crippen molar-refractivity contribution in [2.75, 3.05) is 17.3 Å². The lowest BCUT2D eigenvalue weighted by molar-refractivity contribution is -0.139. The molecule has 35 heavy (non-hydrogen) atoms. The summed E-state index contributed by atoms with van der Waals surface area (Å²) in [6, 6.07) is 19.5. The summed E-state index contributed by atoms with van der Waals surface area (Å²) < 4.78 is 0. The van der Waals surface area contributed by atoms with Crippen molar-refractivity contribution >= 4 is 35.2 Å². The Labute approximate surface area is 210 Å². The quantitative estimate of drug-likeness (QED) is 0.368. The highest BCUT2D eigenvalue weighted by molar-refractivity contribution is 7.98. The molecule has 2 amide bonds. The van der Waals surface area contributed by atoms with Crippen molar-refractivity contribution in [1.29, 1.82) is 0 Å². The monoisotopic (exact) mass is 490 g/mol. The number of carboxylic acids is 1. The zero-order valence-electron chi connectivity index (χ0n) is 20.1. The Bertz CT molecular complexity index is 1210. The number of aliphatic carboxylic acids is 1. The second-order valence-corrected chi connectivity index (χ2v) is 9.42. The summed E-state index contributed by atoms with van der Waals surface area (Å²) in [4.78, 5) is 37.5. The molecule has 3 rings (SSSR count). The normalized spacial score (nSPS) is 11.5. The number of carbonyl (C=O) groups excluding carboxylic acids is 2. The molecule has 7 heteroatoms. The summed E-state index contributed by atoms with van der Waals surface area (Å²) in [5.74, 6) is -1.07. The SMILES string of the molecule is CSCC[C@H](NC(=O)c1ccc(NC(=O)Cc2ccc(C)cc2)cc1-c1ccccc1C)C(=O)O. The minimum atomic E-state index is -1.06. The van der Waals surface area contributed by atoms with Gasteiger partial charge in [0, 0.05) is 11.3 Å². The fourth-order valence-corrected chi connectivity index (χ4v) is 4.21. The van der Waals surface area contributed by atoms with Gasteiger partial charge in [0.15, 0.2) is 0 Å². The number of carbonyl (C=O) groups is 3. The number of aryl methyl sites for hydroxylation is 2. The number of rotatable bonds is 10. The molecule has 0 radical (unpaired) electrons. The molecule has 0 saturated carbocycles. The average Bonchev–Trinajstić information content (AvgIpc) is 2.83. The lowest BCUT2D eigenvalue weighted by atomic mass is 9.94. The smallest absolute Gasteiger partial charge is 0.326 e. The van der Waals surface area contributed by atoms with Gasteiger partial charge in [-0.2, -0.15) is 11.8 Å². The van der Waals surface area contributed by atoms with Crippen molar-refractivity contribution in [1.82, 2.24) is 5.32 Å². The number of anilines is 1. The molecular weight excluding hydrogens is 460 g/mol. The van der Waals surface area contributed by atoms with Crippen LogP contribution in [-0.2, 0) is 16.0 Å². The first-order chi connectivity index (χ1) is 16.8. The van der Waals surface area contributed by atoms with Gasteiger partial charge in [0.2, 0.25) is 5.91 Å². The van der Waals surface area contributed by atoms with Crippen molar-refractivity contribution in [2.45, 2.75) is 32.7 Å². The van der Waals surface area contributed by atoms with Crippen LogP contribution >= 0.6 is 11.8 Å². The van der Waals surface area contributed by atoms with Crippen LogP contribution in [0, 0.1) is 13.8 Å². The molecule has 0 fully saturated rings. The molecule has 0 heterocycles. The van der Waals surface area contributed by atoms with Gasteiger partial charge in [0.1, 0.15) is 6.04 Å². The minimum absolute atomic E-state index is 0.162. The first-order valence-corrected chi connectivity index (χ1v) is 12.8. The Morgan fingerprint density at radius 1 is 0.943 bits per heavy atom. The number of thioether (sulfide) groups is 1. The number of nitrogens with one attached hydrogen (secondary N) is 2. The average molecular weight is 491 g/mol. The molecular formula is C28H30N2O4S. The summed E-state index contributed by atoms with van der Waals surface area (Å²) in [5.41, 5.74) is 5.38. The Kier molecular flexibility index (Phi) is 9.09. The van der Waals surface area contributed by atoms with E-state index in [1.807, 2.05) is 68.6 Å². The molecule has 3 aromatic rings. The van der Waals surface area contributed by atoms with Crippen molar-refractivity contribution < 1.29 is 19.5 Å². The van der Waals surface area contributed by atoms with Gasteiger partial charge in [-0.05, 0) is 72.7 Å². The number of amides is 2. The van der Waals surface area contributed by atoms with E-state index in [1.54, 1.807) is 18.2 Å². The first-order valence-electron chi connectivity index (χ1n) is 11.4. The van der Waals surface area contributed by atoms with Gasteiger partial charge in [0.25, 0.3) is 5.91 Å². The Morgan fingerprint density at radius 2 is 1.66 bits per heavy atom. The van der Waals surface area contributed by atoms with Crippen molar-refractivity contribution in [3.8, 4) is 11.1 Å². The molecule has 0 aliphatic carbocycles. The third-order valence-electron chi connectivity index (χ3n) is 5.68. The highest BCUT2D eigenvalue weighted by Crippen LogP contribution is 2.30. The maximum Gasteiger partial charge on any atom is 0.326 e. The van der Waals surface area contributed by atoms with Gasteiger partial charge in [-0.15, -0.1) is 0 Å². The third kappa shape index (κ3) is 7.20. The van der Waals surface area contributed by atoms with E-state index in [0.29, 0.717) is 29.0 Å². The van der Waals surface area contributed by atoms with E-state index in [0.717, 1.165) is 22.3 Å². The summed E-state index contributed by atoms with van der Waals surface area (Å²) >= 11 is 1.53. The zero-order valence-corrected chi connectivity index (χ0v) is 20.9. The second-order valence-electron chi connectivity index (χ2n) is 8.43. The third-order valence-corrected chi connectivity index (χ3v) is 6.33. The molecule has 3 N–H and O–H groups in total. The van der Waals surface area contributed by atoms with Crippen LogP contribution in [0.4, 0.5) is 5.69 Å². The molecule has 3 aromatic carbocycles. The van der Waals surface area contributed by atoms with Gasteiger partial charge in [0.05, 0.1) is 6.42 Å². The topological polar surface area (TPSA) is 95.5 Å². The van der Waals surface area contributed by atoms with Crippen LogP contribution in [0.2, 0.25) is 0 Å². The summed E-state index contributed by atoms with van der Waals surface area (Å²) in [5, 5.41) is 15.1. The standard InChI is InChI=1S/C28H30N2O4S/c1-18-8-10-20(11-9-18)16-26(31)29-21-12-13-23(24(17-21)22-7-5-4-6-19(22)2)27(32)30-25(28(33)34)14-15-35-3/h4-13,17,25H,14-16H2,1-3H3,(H,29,31)(H,30,32)(H,33,34)/t25-/m0/s1. The van der Waals surface area contributed by atoms with Gasteiger partial charge in [-0.3, -0.25) is 9.59 Å². The molecule has 6 nitrogen and oxygen atoms in total. The Balaban J connectivity index is 1.89. The minimum Gasteiger partial charge on any atom is -0.480 e. The maximum absolute atomic E-state index is 13.2. The van der Waals surface area contributed by atoms with E-state index in [9.17, 15) is 19.5 Å². The number of hydrogen-bond donors (Lipinski definition) is 3. The predicted molar refractivity (Wildman–Crippen MR) is 142 cm³/mol.